The molecule has 4 heterocycles. The van der Waals surface area contributed by atoms with Gasteiger partial charge in [0, 0.05) is 20.1 Å². The number of rotatable bonds is 2. The highest BCUT2D eigenvalue weighted by Gasteiger charge is 2.22. The molecule has 0 aliphatic carbocycles. The molecular weight excluding hydrogens is 268 g/mol. The summed E-state index contributed by atoms with van der Waals surface area (Å²) in [6.45, 7) is 1.96. The third-order valence-corrected chi connectivity index (χ3v) is 3.87. The smallest absolute Gasteiger partial charge is 0.228 e. The van der Waals surface area contributed by atoms with E-state index in [2.05, 4.69) is 20.0 Å². The zero-order chi connectivity index (χ0) is 14.4. The fourth-order valence-corrected chi connectivity index (χ4v) is 2.75. The molecule has 2 N–H and O–H groups in total. The normalized spacial score (nSPS) is 15.2. The van der Waals surface area contributed by atoms with Crippen molar-refractivity contribution in [2.24, 2.45) is 7.05 Å². The molecule has 1 aliphatic heterocycles. The maximum Gasteiger partial charge on any atom is 0.228 e. The van der Waals surface area contributed by atoms with E-state index in [9.17, 15) is 0 Å². The number of nitrogen functional groups attached to an aromatic ring is 1. The maximum atomic E-state index is 6.11. The molecule has 0 unspecified atom stereocenters. The second kappa shape index (κ2) is 4.47. The van der Waals surface area contributed by atoms with E-state index in [0.29, 0.717) is 28.9 Å². The van der Waals surface area contributed by atoms with Crippen LogP contribution in [0.2, 0.25) is 0 Å². The van der Waals surface area contributed by atoms with Crippen molar-refractivity contribution in [3.63, 3.8) is 0 Å². The van der Waals surface area contributed by atoms with Gasteiger partial charge in [0.1, 0.15) is 11.5 Å². The van der Waals surface area contributed by atoms with Crippen LogP contribution in [0, 0.1) is 0 Å². The predicted molar refractivity (Wildman–Crippen MR) is 79.9 cm³/mol. The van der Waals surface area contributed by atoms with Crippen LogP contribution in [0.5, 0.6) is 0 Å². The van der Waals surface area contributed by atoms with Gasteiger partial charge in [0.05, 0.1) is 11.6 Å². The Morgan fingerprint density at radius 3 is 2.76 bits per heavy atom. The summed E-state index contributed by atoms with van der Waals surface area (Å²) < 4.78 is 7.13. The number of fused-ring (bicyclic) bond motifs is 1. The van der Waals surface area contributed by atoms with Gasteiger partial charge in [-0.1, -0.05) is 0 Å². The molecule has 1 aliphatic rings. The summed E-state index contributed by atoms with van der Waals surface area (Å²) >= 11 is 0. The summed E-state index contributed by atoms with van der Waals surface area (Å²) in [6, 6.07) is 3.72. The summed E-state index contributed by atoms with van der Waals surface area (Å²) in [5, 5.41) is 5.13. The Bertz CT molecular complexity index is 786. The van der Waals surface area contributed by atoms with Gasteiger partial charge in [0.25, 0.3) is 0 Å². The van der Waals surface area contributed by atoms with Gasteiger partial charge in [0.2, 0.25) is 5.95 Å². The van der Waals surface area contributed by atoms with Gasteiger partial charge in [-0.2, -0.15) is 10.1 Å². The van der Waals surface area contributed by atoms with Gasteiger partial charge >= 0.3 is 0 Å². The minimum atomic E-state index is 0.546. The molecule has 4 rings (SSSR count). The number of aryl methyl sites for hydroxylation is 1. The molecule has 3 aromatic heterocycles. The molecule has 0 saturated carbocycles. The number of nitrogens with two attached hydrogens (primary N) is 1. The van der Waals surface area contributed by atoms with Crippen LogP contribution in [0.4, 0.5) is 11.8 Å². The van der Waals surface area contributed by atoms with Crippen LogP contribution in [0.15, 0.2) is 22.8 Å². The summed E-state index contributed by atoms with van der Waals surface area (Å²) in [7, 11) is 1.80. The minimum Gasteiger partial charge on any atom is -0.463 e. The van der Waals surface area contributed by atoms with Crippen LogP contribution >= 0.6 is 0 Å². The van der Waals surface area contributed by atoms with Crippen molar-refractivity contribution in [1.82, 2.24) is 19.7 Å². The lowest BCUT2D eigenvalue weighted by Gasteiger charge is -2.15. The van der Waals surface area contributed by atoms with Crippen molar-refractivity contribution in [2.45, 2.75) is 12.8 Å². The Hall–Kier alpha value is -2.57. The fourth-order valence-electron chi connectivity index (χ4n) is 2.75. The van der Waals surface area contributed by atoms with Crippen molar-refractivity contribution < 1.29 is 4.42 Å². The van der Waals surface area contributed by atoms with Crippen molar-refractivity contribution in [3.05, 3.63) is 18.4 Å². The third kappa shape index (κ3) is 1.84. The second-order valence-corrected chi connectivity index (χ2v) is 5.25. The van der Waals surface area contributed by atoms with E-state index in [4.69, 9.17) is 10.2 Å². The van der Waals surface area contributed by atoms with Crippen LogP contribution in [0.25, 0.3) is 22.5 Å². The first kappa shape index (κ1) is 12.2. The van der Waals surface area contributed by atoms with E-state index < -0.39 is 0 Å². The SMILES string of the molecule is Cn1nc2nc(N3CCCC3)nc(-c3ccco3)c2c1N. The van der Waals surface area contributed by atoms with Gasteiger partial charge in [-0.25, -0.2) is 4.98 Å². The van der Waals surface area contributed by atoms with E-state index in [1.54, 1.807) is 18.0 Å². The predicted octanol–water partition coefficient (Wildman–Crippen LogP) is 1.81. The number of anilines is 2. The first-order valence-corrected chi connectivity index (χ1v) is 7.03. The van der Waals surface area contributed by atoms with Crippen molar-refractivity contribution in [3.8, 4) is 11.5 Å². The summed E-state index contributed by atoms with van der Waals surface area (Å²) in [4.78, 5) is 11.4. The molecule has 1 fully saturated rings. The minimum absolute atomic E-state index is 0.546. The standard InChI is InChI=1S/C14H16N6O/c1-19-12(15)10-11(9-5-4-8-21-9)16-14(17-13(10)18-19)20-6-2-3-7-20/h4-5,8H,2-3,6-7,15H2,1H3. The van der Waals surface area contributed by atoms with E-state index in [1.807, 2.05) is 12.1 Å². The van der Waals surface area contributed by atoms with Crippen LogP contribution in [0.1, 0.15) is 12.8 Å². The van der Waals surface area contributed by atoms with E-state index >= 15 is 0 Å². The van der Waals surface area contributed by atoms with Gasteiger partial charge < -0.3 is 15.1 Å². The van der Waals surface area contributed by atoms with Gasteiger partial charge in [-0.15, -0.1) is 0 Å². The number of aromatic nitrogens is 4. The monoisotopic (exact) mass is 284 g/mol. The van der Waals surface area contributed by atoms with Crippen LogP contribution in [-0.4, -0.2) is 32.8 Å². The maximum absolute atomic E-state index is 6.11. The lowest BCUT2D eigenvalue weighted by atomic mass is 10.2. The molecule has 1 saturated heterocycles. The summed E-state index contributed by atoms with van der Waals surface area (Å²) in [6.07, 6.45) is 3.97. The lowest BCUT2D eigenvalue weighted by Crippen LogP contribution is -2.20. The average Bonchev–Trinajstić information content (AvgIpc) is 3.21. The molecule has 0 bridgehead atoms. The highest BCUT2D eigenvalue weighted by molar-refractivity contribution is 5.97. The molecule has 21 heavy (non-hydrogen) atoms. The van der Waals surface area contributed by atoms with Crippen LogP contribution in [0.3, 0.4) is 0 Å². The largest absolute Gasteiger partial charge is 0.463 e. The molecule has 7 nitrogen and oxygen atoms in total. The average molecular weight is 284 g/mol. The van der Waals surface area contributed by atoms with Crippen LogP contribution < -0.4 is 10.6 Å². The van der Waals surface area contributed by atoms with Gasteiger partial charge in [0.15, 0.2) is 11.4 Å². The zero-order valence-corrected chi connectivity index (χ0v) is 11.8. The Labute approximate surface area is 121 Å². The Morgan fingerprint density at radius 1 is 1.24 bits per heavy atom. The first-order valence-electron chi connectivity index (χ1n) is 7.03. The summed E-state index contributed by atoms with van der Waals surface area (Å²) in [5.41, 5.74) is 7.43. The number of nitrogens with zero attached hydrogens (tertiary/aromatic N) is 5. The number of hydrogen-bond acceptors (Lipinski definition) is 6. The molecular formula is C14H16N6O. The Morgan fingerprint density at radius 2 is 2.05 bits per heavy atom. The van der Waals surface area contributed by atoms with Crippen molar-refractivity contribution in [2.75, 3.05) is 23.7 Å². The second-order valence-electron chi connectivity index (χ2n) is 5.25. The molecule has 0 aromatic carbocycles. The van der Waals surface area contributed by atoms with Crippen molar-refractivity contribution >= 4 is 22.8 Å². The first-order chi connectivity index (χ1) is 10.2. The quantitative estimate of drug-likeness (QED) is 0.772. The zero-order valence-electron chi connectivity index (χ0n) is 11.8. The molecule has 0 radical (unpaired) electrons. The van der Waals surface area contributed by atoms with Crippen LogP contribution in [-0.2, 0) is 7.05 Å². The molecule has 0 spiro atoms. The Kier molecular flexibility index (Phi) is 2.60. The molecule has 108 valence electrons. The lowest BCUT2D eigenvalue weighted by molar-refractivity contribution is 0.580. The highest BCUT2D eigenvalue weighted by atomic mass is 16.3. The highest BCUT2D eigenvalue weighted by Crippen LogP contribution is 2.32. The number of hydrogen-bond donors (Lipinski definition) is 1. The van der Waals surface area contributed by atoms with E-state index in [0.717, 1.165) is 18.5 Å². The van der Waals surface area contributed by atoms with Gasteiger partial charge in [-0.3, -0.25) is 4.68 Å². The third-order valence-electron chi connectivity index (χ3n) is 3.87. The number of furan rings is 1. The molecule has 7 heteroatoms. The fraction of sp³-hybridized carbons (Fsp3) is 0.357. The summed E-state index contributed by atoms with van der Waals surface area (Å²) in [5.74, 6) is 1.93. The molecule has 3 aromatic rings. The van der Waals surface area contributed by atoms with Crippen molar-refractivity contribution in [1.29, 1.82) is 0 Å². The molecule has 0 atom stereocenters. The van der Waals surface area contributed by atoms with E-state index in [1.165, 1.54) is 12.8 Å². The Balaban J connectivity index is 1.98. The topological polar surface area (TPSA) is 86.0 Å². The van der Waals surface area contributed by atoms with E-state index in [-0.39, 0.29) is 0 Å². The van der Waals surface area contributed by atoms with Gasteiger partial charge in [-0.05, 0) is 25.0 Å². The molecule has 0 amide bonds.